The number of aromatic hydroxyl groups is 2. The average Bonchev–Trinajstić information content (AvgIpc) is 3.53. The van der Waals surface area contributed by atoms with Crippen LogP contribution in [0.3, 0.4) is 0 Å². The molecule has 1 fully saturated rings. The Balaban J connectivity index is 1.43. The molecule has 6 rings (SSSR count). The Morgan fingerprint density at radius 2 is 1.88 bits per heavy atom. The highest BCUT2D eigenvalue weighted by Gasteiger charge is 2.30. The van der Waals surface area contributed by atoms with E-state index in [-0.39, 0.29) is 17.5 Å². The molecule has 0 aliphatic carbocycles. The van der Waals surface area contributed by atoms with E-state index in [2.05, 4.69) is 15.1 Å². The summed E-state index contributed by atoms with van der Waals surface area (Å²) in [6, 6.07) is 7.77. The monoisotopic (exact) mass is 448 g/mol. The van der Waals surface area contributed by atoms with Crippen molar-refractivity contribution in [2.45, 2.75) is 18.9 Å². The number of imidazole rings is 1. The molecular weight excluding hydrogens is 430 g/mol. The molecule has 8 nitrogen and oxygen atoms in total. The van der Waals surface area contributed by atoms with E-state index >= 15 is 0 Å². The number of phenols is 2. The first kappa shape index (κ1) is 19.5. The smallest absolute Gasteiger partial charge is 0.168 e. The van der Waals surface area contributed by atoms with E-state index in [4.69, 9.17) is 4.98 Å². The number of nitrogens with zero attached hydrogens (tertiary/aromatic N) is 5. The average molecular weight is 448 g/mol. The van der Waals surface area contributed by atoms with Gasteiger partial charge in [0.05, 0.1) is 28.8 Å². The Morgan fingerprint density at radius 3 is 2.76 bits per heavy atom. The minimum Gasteiger partial charge on any atom is -0.504 e. The fourth-order valence-electron chi connectivity index (χ4n) is 4.48. The molecule has 0 spiro atoms. The first-order valence-corrected chi connectivity index (χ1v) is 10.5. The topological polar surface area (TPSA) is 103 Å². The van der Waals surface area contributed by atoms with Gasteiger partial charge in [-0.2, -0.15) is 5.10 Å². The molecule has 1 saturated heterocycles. The minimum absolute atomic E-state index is 0.248. The zero-order valence-electron chi connectivity index (χ0n) is 17.2. The lowest BCUT2D eigenvalue weighted by molar-refractivity contribution is 0.405. The summed E-state index contributed by atoms with van der Waals surface area (Å²) in [4.78, 5) is 14.4. The molecule has 0 amide bonds. The molecule has 1 aliphatic heterocycles. The van der Waals surface area contributed by atoms with Crippen molar-refractivity contribution in [3.05, 3.63) is 66.0 Å². The van der Waals surface area contributed by atoms with Crippen molar-refractivity contribution >= 4 is 22.5 Å². The van der Waals surface area contributed by atoms with E-state index in [0.29, 0.717) is 52.4 Å². The first-order chi connectivity index (χ1) is 16.0. The molecule has 5 aromatic rings. The zero-order valence-corrected chi connectivity index (χ0v) is 17.2. The van der Waals surface area contributed by atoms with Crippen molar-refractivity contribution in [1.29, 1.82) is 0 Å². The van der Waals surface area contributed by atoms with Crippen LogP contribution in [0.25, 0.3) is 28.1 Å². The van der Waals surface area contributed by atoms with Gasteiger partial charge >= 0.3 is 0 Å². The van der Waals surface area contributed by atoms with Gasteiger partial charge in [0.25, 0.3) is 0 Å². The highest BCUT2D eigenvalue weighted by Crippen LogP contribution is 2.37. The van der Waals surface area contributed by atoms with E-state index in [1.54, 1.807) is 23.0 Å². The van der Waals surface area contributed by atoms with Crippen LogP contribution in [0.5, 0.6) is 11.5 Å². The van der Waals surface area contributed by atoms with Crippen LogP contribution in [0.4, 0.5) is 14.6 Å². The summed E-state index contributed by atoms with van der Waals surface area (Å²) in [5.74, 6) is -0.311. The molecule has 0 unspecified atom stereocenters. The van der Waals surface area contributed by atoms with Gasteiger partial charge in [-0.05, 0) is 37.1 Å². The third-order valence-corrected chi connectivity index (χ3v) is 6.05. The van der Waals surface area contributed by atoms with E-state index in [9.17, 15) is 19.0 Å². The number of benzene rings is 2. The summed E-state index contributed by atoms with van der Waals surface area (Å²) in [7, 11) is 0. The number of H-pyrrole nitrogens is 1. The number of hydrogen-bond donors (Lipinski definition) is 3. The standard InChI is InChI=1S/C23H18F2N6O2/c24-12-3-4-15(25)13(8-12)18-2-1-6-30(18)21-5-7-31-23(29-21)14(11-26-31)22-27-16-9-19(32)20(33)10-17(16)28-22/h3-5,7-11,18,32-33H,1-2,6H2,(H,27,28)/t18-/m1/s1. The number of halogens is 2. The summed E-state index contributed by atoms with van der Waals surface area (Å²) in [5.41, 5.74) is 2.51. The van der Waals surface area contributed by atoms with E-state index in [0.717, 1.165) is 18.6 Å². The maximum Gasteiger partial charge on any atom is 0.168 e. The number of fused-ring (bicyclic) bond motifs is 2. The lowest BCUT2D eigenvalue weighted by Crippen LogP contribution is -2.24. The molecule has 0 radical (unpaired) electrons. The Morgan fingerprint density at radius 1 is 1.03 bits per heavy atom. The number of aromatic amines is 1. The SMILES string of the molecule is Oc1cc2nc(-c3cnn4ccc(N5CCC[C@@H]5c5cc(F)ccc5F)nc34)[nH]c2cc1O. The number of anilines is 1. The number of phenolic OH excluding ortho intramolecular Hbond substituents is 2. The van der Waals surface area contributed by atoms with Gasteiger partial charge in [-0.25, -0.2) is 23.3 Å². The second kappa shape index (κ2) is 7.16. The third kappa shape index (κ3) is 3.13. The van der Waals surface area contributed by atoms with Crippen LogP contribution in [0.15, 0.2) is 48.8 Å². The van der Waals surface area contributed by atoms with Gasteiger partial charge in [-0.3, -0.25) is 0 Å². The Labute approximate surface area is 185 Å². The van der Waals surface area contributed by atoms with Crippen LogP contribution >= 0.6 is 0 Å². The van der Waals surface area contributed by atoms with E-state index in [1.807, 2.05) is 4.90 Å². The van der Waals surface area contributed by atoms with Gasteiger partial charge in [0.2, 0.25) is 0 Å². The van der Waals surface area contributed by atoms with Crippen LogP contribution in [0.1, 0.15) is 24.4 Å². The molecule has 10 heteroatoms. The van der Waals surface area contributed by atoms with Gasteiger partial charge in [-0.15, -0.1) is 0 Å². The van der Waals surface area contributed by atoms with Crippen LogP contribution in [0, 0.1) is 11.6 Å². The molecule has 0 saturated carbocycles. The Hall–Kier alpha value is -4.21. The second-order valence-corrected chi connectivity index (χ2v) is 8.07. The van der Waals surface area contributed by atoms with Crippen LogP contribution < -0.4 is 4.90 Å². The molecule has 166 valence electrons. The molecule has 1 aliphatic rings. The predicted octanol–water partition coefficient (Wildman–Crippen LogP) is 4.30. The van der Waals surface area contributed by atoms with Crippen LogP contribution in [-0.2, 0) is 0 Å². The van der Waals surface area contributed by atoms with Crippen molar-refractivity contribution in [2.75, 3.05) is 11.4 Å². The van der Waals surface area contributed by atoms with Crippen LogP contribution in [0.2, 0.25) is 0 Å². The quantitative estimate of drug-likeness (QED) is 0.356. The summed E-state index contributed by atoms with van der Waals surface area (Å²) in [5, 5.41) is 23.9. The molecule has 3 aromatic heterocycles. The van der Waals surface area contributed by atoms with Crippen molar-refractivity contribution in [3.8, 4) is 22.9 Å². The highest BCUT2D eigenvalue weighted by molar-refractivity contribution is 5.85. The fourth-order valence-corrected chi connectivity index (χ4v) is 4.48. The summed E-state index contributed by atoms with van der Waals surface area (Å²) < 4.78 is 29.9. The van der Waals surface area contributed by atoms with Crippen molar-refractivity contribution in [1.82, 2.24) is 24.6 Å². The van der Waals surface area contributed by atoms with Crippen LogP contribution in [-0.4, -0.2) is 41.3 Å². The fraction of sp³-hybridized carbons (Fsp3) is 0.174. The Kier molecular flexibility index (Phi) is 4.22. The molecule has 33 heavy (non-hydrogen) atoms. The maximum atomic E-state index is 14.5. The number of rotatable bonds is 3. The predicted molar refractivity (Wildman–Crippen MR) is 117 cm³/mol. The lowest BCUT2D eigenvalue weighted by Gasteiger charge is -2.26. The van der Waals surface area contributed by atoms with Gasteiger partial charge < -0.3 is 20.1 Å². The van der Waals surface area contributed by atoms with Crippen molar-refractivity contribution in [3.63, 3.8) is 0 Å². The third-order valence-electron chi connectivity index (χ3n) is 6.05. The molecule has 1 atom stereocenters. The maximum absolute atomic E-state index is 14.5. The molecule has 2 aromatic carbocycles. The lowest BCUT2D eigenvalue weighted by atomic mass is 10.0. The summed E-state index contributed by atoms with van der Waals surface area (Å²) in [6.07, 6.45) is 4.90. The molecule has 3 N–H and O–H groups in total. The van der Waals surface area contributed by atoms with E-state index < -0.39 is 11.6 Å². The molecular formula is C23H18F2N6O2. The number of aromatic nitrogens is 5. The van der Waals surface area contributed by atoms with Gasteiger partial charge in [0.15, 0.2) is 17.1 Å². The largest absolute Gasteiger partial charge is 0.504 e. The zero-order chi connectivity index (χ0) is 22.7. The van der Waals surface area contributed by atoms with Crippen molar-refractivity contribution < 1.29 is 19.0 Å². The van der Waals surface area contributed by atoms with Crippen molar-refractivity contribution in [2.24, 2.45) is 0 Å². The Bertz CT molecular complexity index is 1490. The first-order valence-electron chi connectivity index (χ1n) is 10.5. The molecule has 4 heterocycles. The summed E-state index contributed by atoms with van der Waals surface area (Å²) in [6.45, 7) is 0.663. The number of hydrogen-bond acceptors (Lipinski definition) is 6. The van der Waals surface area contributed by atoms with Gasteiger partial charge in [0.1, 0.15) is 23.3 Å². The normalized spacial score (nSPS) is 16.3. The van der Waals surface area contributed by atoms with E-state index in [1.165, 1.54) is 18.2 Å². The van der Waals surface area contributed by atoms with Gasteiger partial charge in [0, 0.05) is 30.4 Å². The number of nitrogens with one attached hydrogen (secondary N) is 1. The minimum atomic E-state index is -0.471. The van der Waals surface area contributed by atoms with Gasteiger partial charge in [-0.1, -0.05) is 0 Å². The summed E-state index contributed by atoms with van der Waals surface area (Å²) >= 11 is 0. The molecule has 0 bridgehead atoms. The highest BCUT2D eigenvalue weighted by atomic mass is 19.1. The second-order valence-electron chi connectivity index (χ2n) is 8.07.